The number of benzene rings is 2. The minimum absolute atomic E-state index is 0.255. The number of hydrogen-bond donors (Lipinski definition) is 3. The number of ether oxygens (including phenoxy) is 3. The van der Waals surface area contributed by atoms with Crippen molar-refractivity contribution >= 4 is 28.9 Å². The Balaban J connectivity index is 1.76. The summed E-state index contributed by atoms with van der Waals surface area (Å²) in [6.45, 7) is 6.69. The van der Waals surface area contributed by atoms with Gasteiger partial charge in [-0.2, -0.15) is 0 Å². The van der Waals surface area contributed by atoms with Crippen molar-refractivity contribution in [2.24, 2.45) is 0 Å². The highest BCUT2D eigenvalue weighted by Crippen LogP contribution is 2.18. The van der Waals surface area contributed by atoms with Gasteiger partial charge in [0, 0.05) is 5.69 Å². The van der Waals surface area contributed by atoms with E-state index in [0.717, 1.165) is 17.2 Å². The van der Waals surface area contributed by atoms with Crippen molar-refractivity contribution in [1.82, 2.24) is 10.9 Å². The predicted octanol–water partition coefficient (Wildman–Crippen LogP) is 3.27. The Bertz CT molecular complexity index is 766. The van der Waals surface area contributed by atoms with Crippen molar-refractivity contribution in [3.05, 3.63) is 48.5 Å². The smallest absolute Gasteiger partial charge is 0.279 e. The van der Waals surface area contributed by atoms with Crippen molar-refractivity contribution in [3.8, 4) is 17.2 Å². The molecule has 8 heteroatoms. The summed E-state index contributed by atoms with van der Waals surface area (Å²) in [6, 6.07) is 14.4. The van der Waals surface area contributed by atoms with E-state index in [1.807, 2.05) is 38.1 Å². The normalized spacial score (nSPS) is 11.1. The zero-order valence-corrected chi connectivity index (χ0v) is 17.0. The molecule has 1 atom stereocenters. The van der Waals surface area contributed by atoms with Crippen LogP contribution in [-0.4, -0.2) is 30.3 Å². The van der Waals surface area contributed by atoms with Crippen molar-refractivity contribution in [2.75, 3.05) is 18.5 Å². The predicted molar refractivity (Wildman–Crippen MR) is 113 cm³/mol. The summed E-state index contributed by atoms with van der Waals surface area (Å²) in [5.41, 5.74) is 5.94. The van der Waals surface area contributed by atoms with Gasteiger partial charge in [-0.15, -0.1) is 0 Å². The van der Waals surface area contributed by atoms with Gasteiger partial charge in [-0.25, -0.2) is 0 Å². The van der Waals surface area contributed by atoms with Crippen LogP contribution in [-0.2, 0) is 4.79 Å². The maximum atomic E-state index is 12.2. The third-order valence-electron chi connectivity index (χ3n) is 3.54. The number of thiocarbonyl (C=S) groups is 1. The Hall–Kier alpha value is -3.00. The number of amides is 1. The molecule has 0 aliphatic heterocycles. The monoisotopic (exact) mass is 403 g/mol. The quantitative estimate of drug-likeness (QED) is 0.461. The molecule has 0 aliphatic carbocycles. The minimum atomic E-state index is -0.710. The molecule has 2 aromatic rings. The highest BCUT2D eigenvalue weighted by atomic mass is 32.1. The summed E-state index contributed by atoms with van der Waals surface area (Å²) < 4.78 is 16.4. The summed E-state index contributed by atoms with van der Waals surface area (Å²) in [7, 11) is 0. The van der Waals surface area contributed by atoms with E-state index in [0.29, 0.717) is 19.0 Å². The van der Waals surface area contributed by atoms with Crippen LogP contribution in [0.1, 0.15) is 20.8 Å². The van der Waals surface area contributed by atoms with Gasteiger partial charge in [0.2, 0.25) is 0 Å². The van der Waals surface area contributed by atoms with Gasteiger partial charge in [0.1, 0.15) is 17.2 Å². The topological polar surface area (TPSA) is 80.9 Å². The van der Waals surface area contributed by atoms with Gasteiger partial charge < -0.3 is 19.5 Å². The van der Waals surface area contributed by atoms with Crippen LogP contribution in [0.4, 0.5) is 5.69 Å². The van der Waals surface area contributed by atoms with E-state index in [1.54, 1.807) is 31.2 Å². The van der Waals surface area contributed by atoms with Crippen LogP contribution in [0, 0.1) is 0 Å². The molecule has 0 radical (unpaired) electrons. The maximum Gasteiger partial charge on any atom is 0.279 e. The zero-order chi connectivity index (χ0) is 20.4. The lowest BCUT2D eigenvalue weighted by Crippen LogP contribution is -2.48. The van der Waals surface area contributed by atoms with Crippen LogP contribution in [0.3, 0.4) is 0 Å². The molecule has 0 saturated heterocycles. The molecule has 7 nitrogen and oxygen atoms in total. The van der Waals surface area contributed by atoms with E-state index in [-0.39, 0.29) is 11.0 Å². The number of carbonyl (C=O) groups is 1. The fraction of sp³-hybridized carbons (Fsp3) is 0.300. The number of hydrogen-bond acceptors (Lipinski definition) is 5. The highest BCUT2D eigenvalue weighted by Gasteiger charge is 2.15. The molecule has 150 valence electrons. The lowest BCUT2D eigenvalue weighted by Gasteiger charge is -2.17. The van der Waals surface area contributed by atoms with Crippen molar-refractivity contribution in [3.63, 3.8) is 0 Å². The van der Waals surface area contributed by atoms with Gasteiger partial charge in [0.25, 0.3) is 5.91 Å². The number of hydrazine groups is 1. The van der Waals surface area contributed by atoms with Crippen LogP contribution >= 0.6 is 12.2 Å². The molecule has 3 N–H and O–H groups in total. The Morgan fingerprint density at radius 1 is 0.893 bits per heavy atom. The minimum Gasteiger partial charge on any atom is -0.494 e. The molecule has 0 spiro atoms. The van der Waals surface area contributed by atoms with Gasteiger partial charge in [0.15, 0.2) is 11.2 Å². The summed E-state index contributed by atoms with van der Waals surface area (Å²) in [5.74, 6) is 1.74. The molecule has 0 bridgehead atoms. The summed E-state index contributed by atoms with van der Waals surface area (Å²) in [5, 5.41) is 3.22. The summed E-state index contributed by atoms with van der Waals surface area (Å²) in [6.07, 6.45) is -0.710. The summed E-state index contributed by atoms with van der Waals surface area (Å²) in [4.78, 5) is 12.2. The fourth-order valence-corrected chi connectivity index (χ4v) is 2.39. The van der Waals surface area contributed by atoms with E-state index in [2.05, 4.69) is 16.2 Å². The SMILES string of the molecule is CCOc1ccc(NC(=S)NNC(=O)[C@@H](C)Oc2ccc(OCC)cc2)cc1. The zero-order valence-electron chi connectivity index (χ0n) is 16.2. The molecule has 0 saturated carbocycles. The average molecular weight is 404 g/mol. The van der Waals surface area contributed by atoms with Crippen LogP contribution in [0.15, 0.2) is 48.5 Å². The molecule has 2 rings (SSSR count). The van der Waals surface area contributed by atoms with Gasteiger partial charge in [-0.05, 0) is 81.5 Å². The summed E-state index contributed by atoms with van der Waals surface area (Å²) >= 11 is 5.17. The van der Waals surface area contributed by atoms with E-state index in [1.165, 1.54) is 0 Å². The highest BCUT2D eigenvalue weighted by molar-refractivity contribution is 7.80. The first-order chi connectivity index (χ1) is 13.5. The first kappa shape index (κ1) is 21.3. The van der Waals surface area contributed by atoms with Crippen LogP contribution < -0.4 is 30.4 Å². The van der Waals surface area contributed by atoms with E-state index < -0.39 is 6.10 Å². The number of carbonyl (C=O) groups excluding carboxylic acids is 1. The Morgan fingerprint density at radius 3 is 1.93 bits per heavy atom. The van der Waals surface area contributed by atoms with Gasteiger partial charge in [-0.3, -0.25) is 15.6 Å². The molecular weight excluding hydrogens is 378 g/mol. The average Bonchev–Trinajstić information content (AvgIpc) is 2.69. The second-order valence-corrected chi connectivity index (χ2v) is 6.10. The Labute approximate surface area is 170 Å². The second-order valence-electron chi connectivity index (χ2n) is 5.69. The second kappa shape index (κ2) is 11.0. The lowest BCUT2D eigenvalue weighted by atomic mass is 10.3. The molecule has 0 heterocycles. The molecule has 2 aromatic carbocycles. The molecule has 1 amide bonds. The van der Waals surface area contributed by atoms with E-state index in [4.69, 9.17) is 26.4 Å². The first-order valence-corrected chi connectivity index (χ1v) is 9.41. The largest absolute Gasteiger partial charge is 0.494 e. The van der Waals surface area contributed by atoms with Crippen LogP contribution in [0.2, 0.25) is 0 Å². The fourth-order valence-electron chi connectivity index (χ4n) is 2.22. The lowest BCUT2D eigenvalue weighted by molar-refractivity contribution is -0.127. The number of anilines is 1. The first-order valence-electron chi connectivity index (χ1n) is 9.01. The van der Waals surface area contributed by atoms with Crippen molar-refractivity contribution in [1.29, 1.82) is 0 Å². The molecule has 0 unspecified atom stereocenters. The number of rotatable bonds is 8. The van der Waals surface area contributed by atoms with Gasteiger partial charge >= 0.3 is 0 Å². The van der Waals surface area contributed by atoms with E-state index >= 15 is 0 Å². The van der Waals surface area contributed by atoms with Crippen LogP contribution in [0.25, 0.3) is 0 Å². The molecular formula is C20H25N3O4S. The standard InChI is InChI=1S/C20H25N3O4S/c1-4-25-16-8-6-15(7-9-16)21-20(28)23-22-19(24)14(3)27-18-12-10-17(11-13-18)26-5-2/h6-14H,4-5H2,1-3H3,(H,22,24)(H2,21,23,28)/t14-/m1/s1. The molecule has 0 aromatic heterocycles. The van der Waals surface area contributed by atoms with E-state index in [9.17, 15) is 4.79 Å². The Kier molecular flexibility index (Phi) is 8.36. The maximum absolute atomic E-state index is 12.2. The van der Waals surface area contributed by atoms with Gasteiger partial charge in [-0.1, -0.05) is 0 Å². The Morgan fingerprint density at radius 2 is 1.39 bits per heavy atom. The number of nitrogens with one attached hydrogen (secondary N) is 3. The van der Waals surface area contributed by atoms with Crippen LogP contribution in [0.5, 0.6) is 17.2 Å². The third-order valence-corrected chi connectivity index (χ3v) is 3.74. The molecule has 0 fully saturated rings. The molecule has 28 heavy (non-hydrogen) atoms. The van der Waals surface area contributed by atoms with Gasteiger partial charge in [0.05, 0.1) is 13.2 Å². The molecule has 0 aliphatic rings. The van der Waals surface area contributed by atoms with Crippen molar-refractivity contribution < 1.29 is 19.0 Å². The van der Waals surface area contributed by atoms with Crippen molar-refractivity contribution in [2.45, 2.75) is 26.9 Å². The third kappa shape index (κ3) is 6.96.